The number of hydrogen-bond donors (Lipinski definition) is 1. The lowest BCUT2D eigenvalue weighted by Crippen LogP contribution is -2.54. The number of aromatic nitrogens is 2. The number of nitrogens with zero attached hydrogens (tertiary/aromatic N) is 3. The molecule has 0 bridgehead atoms. The summed E-state index contributed by atoms with van der Waals surface area (Å²) in [6, 6.07) is 5.21. The van der Waals surface area contributed by atoms with E-state index in [1.54, 1.807) is 10.7 Å². The third-order valence-electron chi connectivity index (χ3n) is 6.06. The smallest absolute Gasteiger partial charge is 0.274 e. The second kappa shape index (κ2) is 7.48. The molecule has 2 aliphatic rings. The molecule has 0 spiro atoms. The molecule has 1 fully saturated rings. The van der Waals surface area contributed by atoms with Crippen molar-refractivity contribution >= 4 is 18.3 Å². The minimum atomic E-state index is -0.309. The Morgan fingerprint density at radius 3 is 2.75 bits per heavy atom. The number of halogens is 2. The standard InChI is InChI=1S/C21H27FN4O.ClH/c1-13-7-8-17(15(22)11-13)26-16-6-4-5-14(16)19(24-26)20(27)25-10-9-18(23)21(2,3)12-25;/h7-8,11,18H,4-6,9-10,12,23H2,1-3H3;1H. The van der Waals surface area contributed by atoms with E-state index in [9.17, 15) is 9.18 Å². The molecule has 1 amide bonds. The summed E-state index contributed by atoms with van der Waals surface area (Å²) in [7, 11) is 0. The molecule has 4 rings (SSSR count). The lowest BCUT2D eigenvalue weighted by molar-refractivity contribution is 0.0526. The molecule has 1 aliphatic heterocycles. The summed E-state index contributed by atoms with van der Waals surface area (Å²) in [5.41, 5.74) is 9.80. The van der Waals surface area contributed by atoms with E-state index in [1.165, 1.54) is 6.07 Å². The van der Waals surface area contributed by atoms with Gasteiger partial charge in [-0.05, 0) is 55.7 Å². The molecule has 2 heterocycles. The zero-order valence-electron chi connectivity index (χ0n) is 16.7. The normalized spacial score (nSPS) is 20.6. The maximum absolute atomic E-state index is 14.5. The Balaban J connectivity index is 0.00000225. The van der Waals surface area contributed by atoms with Crippen molar-refractivity contribution in [3.05, 3.63) is 46.5 Å². The van der Waals surface area contributed by atoms with E-state index in [0.29, 0.717) is 24.5 Å². The number of benzene rings is 1. The first-order valence-corrected chi connectivity index (χ1v) is 9.70. The molecule has 1 atom stereocenters. The second-order valence-corrected chi connectivity index (χ2v) is 8.60. The summed E-state index contributed by atoms with van der Waals surface area (Å²) in [4.78, 5) is 15.1. The molecule has 1 unspecified atom stereocenters. The largest absolute Gasteiger partial charge is 0.337 e. The van der Waals surface area contributed by atoms with E-state index in [1.807, 2.05) is 17.9 Å². The Morgan fingerprint density at radius 1 is 1.32 bits per heavy atom. The number of hydrogen-bond acceptors (Lipinski definition) is 3. The molecule has 28 heavy (non-hydrogen) atoms. The highest BCUT2D eigenvalue weighted by Gasteiger charge is 2.38. The summed E-state index contributed by atoms with van der Waals surface area (Å²) in [5.74, 6) is -0.365. The van der Waals surface area contributed by atoms with Crippen LogP contribution in [0.5, 0.6) is 0 Å². The first kappa shape index (κ1) is 20.8. The third kappa shape index (κ3) is 3.44. The van der Waals surface area contributed by atoms with Gasteiger partial charge in [0.15, 0.2) is 5.69 Å². The number of rotatable bonds is 2. The molecule has 2 aromatic rings. The molecule has 152 valence electrons. The van der Waals surface area contributed by atoms with Crippen molar-refractivity contribution in [3.8, 4) is 5.69 Å². The van der Waals surface area contributed by atoms with E-state index >= 15 is 0 Å². The number of piperidine rings is 1. The fourth-order valence-electron chi connectivity index (χ4n) is 4.29. The number of amides is 1. The van der Waals surface area contributed by atoms with Crippen LogP contribution in [0.25, 0.3) is 5.69 Å². The summed E-state index contributed by atoms with van der Waals surface area (Å²) in [6.45, 7) is 7.32. The van der Waals surface area contributed by atoms with Crippen LogP contribution in [0.4, 0.5) is 4.39 Å². The van der Waals surface area contributed by atoms with Crippen LogP contribution in [0.1, 0.15) is 54.0 Å². The third-order valence-corrected chi connectivity index (χ3v) is 6.06. The minimum Gasteiger partial charge on any atom is -0.337 e. The fourth-order valence-corrected chi connectivity index (χ4v) is 4.29. The van der Waals surface area contributed by atoms with E-state index in [4.69, 9.17) is 5.73 Å². The van der Waals surface area contributed by atoms with Gasteiger partial charge in [-0.1, -0.05) is 19.9 Å². The predicted molar refractivity (Wildman–Crippen MR) is 110 cm³/mol. The lowest BCUT2D eigenvalue weighted by atomic mass is 9.79. The van der Waals surface area contributed by atoms with Crippen LogP contribution >= 0.6 is 12.4 Å². The van der Waals surface area contributed by atoms with Gasteiger partial charge in [0.2, 0.25) is 0 Å². The first-order chi connectivity index (χ1) is 12.8. The van der Waals surface area contributed by atoms with Crippen LogP contribution in [-0.4, -0.2) is 39.7 Å². The van der Waals surface area contributed by atoms with Crippen LogP contribution in [-0.2, 0) is 12.8 Å². The van der Waals surface area contributed by atoms with E-state index in [0.717, 1.165) is 42.5 Å². The molecule has 1 saturated heterocycles. The SMILES string of the molecule is Cc1ccc(-n2nc(C(=O)N3CCC(N)C(C)(C)C3)c3c2CCC3)c(F)c1.Cl. The van der Waals surface area contributed by atoms with Gasteiger partial charge in [-0.25, -0.2) is 9.07 Å². The van der Waals surface area contributed by atoms with Crippen molar-refractivity contribution in [2.75, 3.05) is 13.1 Å². The number of carbonyl (C=O) groups excluding carboxylic acids is 1. The highest BCUT2D eigenvalue weighted by atomic mass is 35.5. The Bertz CT molecular complexity index is 908. The van der Waals surface area contributed by atoms with E-state index < -0.39 is 0 Å². The van der Waals surface area contributed by atoms with Gasteiger partial charge in [0.25, 0.3) is 5.91 Å². The maximum Gasteiger partial charge on any atom is 0.274 e. The van der Waals surface area contributed by atoms with Crippen LogP contribution in [0.15, 0.2) is 18.2 Å². The summed E-state index contributed by atoms with van der Waals surface area (Å²) >= 11 is 0. The number of likely N-dealkylation sites (tertiary alicyclic amines) is 1. The van der Waals surface area contributed by atoms with Gasteiger partial charge in [-0.2, -0.15) is 5.10 Å². The summed E-state index contributed by atoms with van der Waals surface area (Å²) in [5, 5.41) is 4.59. The van der Waals surface area contributed by atoms with Gasteiger partial charge in [-0.15, -0.1) is 12.4 Å². The molecule has 1 aromatic heterocycles. The Labute approximate surface area is 171 Å². The van der Waals surface area contributed by atoms with Gasteiger partial charge in [0.05, 0.1) is 0 Å². The van der Waals surface area contributed by atoms with Crippen molar-refractivity contribution in [2.24, 2.45) is 11.1 Å². The van der Waals surface area contributed by atoms with Crippen molar-refractivity contribution in [1.29, 1.82) is 0 Å². The van der Waals surface area contributed by atoms with E-state index in [2.05, 4.69) is 18.9 Å². The molecular weight excluding hydrogens is 379 g/mol. The predicted octanol–water partition coefficient (Wildman–Crippen LogP) is 3.43. The number of nitrogens with two attached hydrogens (primary N) is 1. The van der Waals surface area contributed by atoms with Gasteiger partial charge >= 0.3 is 0 Å². The Hall–Kier alpha value is -1.92. The molecule has 1 aromatic carbocycles. The van der Waals surface area contributed by atoms with Gasteiger partial charge < -0.3 is 10.6 Å². The quantitative estimate of drug-likeness (QED) is 0.830. The van der Waals surface area contributed by atoms with E-state index in [-0.39, 0.29) is 35.6 Å². The first-order valence-electron chi connectivity index (χ1n) is 9.70. The van der Waals surface area contributed by atoms with Crippen LogP contribution in [0.3, 0.4) is 0 Å². The highest BCUT2D eigenvalue weighted by Crippen LogP contribution is 2.32. The molecular formula is C21H28ClFN4O. The minimum absolute atomic E-state index is 0. The van der Waals surface area contributed by atoms with Crippen LogP contribution in [0.2, 0.25) is 0 Å². The second-order valence-electron chi connectivity index (χ2n) is 8.60. The maximum atomic E-state index is 14.5. The topological polar surface area (TPSA) is 64.2 Å². The lowest BCUT2D eigenvalue weighted by Gasteiger charge is -2.42. The zero-order chi connectivity index (χ0) is 19.3. The Morgan fingerprint density at radius 2 is 2.07 bits per heavy atom. The average molecular weight is 407 g/mol. The highest BCUT2D eigenvalue weighted by molar-refractivity contribution is 5.94. The number of fused-ring (bicyclic) bond motifs is 1. The molecule has 7 heteroatoms. The fraction of sp³-hybridized carbons (Fsp3) is 0.524. The average Bonchev–Trinajstić information content (AvgIpc) is 3.20. The summed E-state index contributed by atoms with van der Waals surface area (Å²) < 4.78 is 16.2. The van der Waals surface area contributed by atoms with Crippen molar-refractivity contribution in [3.63, 3.8) is 0 Å². The van der Waals surface area contributed by atoms with Crippen molar-refractivity contribution in [1.82, 2.24) is 14.7 Å². The van der Waals surface area contributed by atoms with Gasteiger partial charge in [-0.3, -0.25) is 4.79 Å². The molecule has 1 aliphatic carbocycles. The summed E-state index contributed by atoms with van der Waals surface area (Å²) in [6.07, 6.45) is 3.39. The zero-order valence-corrected chi connectivity index (χ0v) is 17.5. The number of carbonyl (C=O) groups is 1. The van der Waals surface area contributed by atoms with Gasteiger partial charge in [0.1, 0.15) is 11.5 Å². The van der Waals surface area contributed by atoms with Crippen LogP contribution in [0, 0.1) is 18.2 Å². The molecule has 0 radical (unpaired) electrons. The van der Waals surface area contributed by atoms with Gasteiger partial charge in [0, 0.05) is 30.4 Å². The molecule has 5 nitrogen and oxygen atoms in total. The van der Waals surface area contributed by atoms with Crippen LogP contribution < -0.4 is 5.73 Å². The molecule has 0 saturated carbocycles. The monoisotopic (exact) mass is 406 g/mol. The Kier molecular flexibility index (Phi) is 5.56. The number of aryl methyl sites for hydroxylation is 1. The van der Waals surface area contributed by atoms with Crippen molar-refractivity contribution < 1.29 is 9.18 Å². The molecule has 2 N–H and O–H groups in total. The van der Waals surface area contributed by atoms with Crippen molar-refractivity contribution in [2.45, 2.75) is 52.5 Å².